The van der Waals surface area contributed by atoms with Gasteiger partial charge in [-0.15, -0.1) is 0 Å². The van der Waals surface area contributed by atoms with Gasteiger partial charge in [0.2, 0.25) is 0 Å². The monoisotopic (exact) mass is 195 g/mol. The van der Waals surface area contributed by atoms with Crippen LogP contribution in [0.2, 0.25) is 0 Å². The van der Waals surface area contributed by atoms with E-state index < -0.39 is 0 Å². The Balaban J connectivity index is 1.95. The molecule has 1 aliphatic heterocycles. The van der Waals surface area contributed by atoms with Crippen LogP contribution in [-0.2, 0) is 6.42 Å². The molecule has 14 heavy (non-hydrogen) atoms. The number of H-pyrrole nitrogens is 1. The molecule has 0 aliphatic carbocycles. The fourth-order valence-electron chi connectivity index (χ4n) is 1.96. The maximum absolute atomic E-state index is 9.76. The summed E-state index contributed by atoms with van der Waals surface area (Å²) in [4.78, 5) is 0. The van der Waals surface area contributed by atoms with Crippen molar-refractivity contribution < 1.29 is 5.11 Å². The first-order valence-electron chi connectivity index (χ1n) is 5.15. The molecule has 78 valence electrons. The van der Waals surface area contributed by atoms with Crippen molar-refractivity contribution in [2.24, 2.45) is 5.92 Å². The van der Waals surface area contributed by atoms with Gasteiger partial charge in [0.05, 0.1) is 11.8 Å². The molecule has 4 heteroatoms. The first-order valence-corrected chi connectivity index (χ1v) is 5.15. The van der Waals surface area contributed by atoms with E-state index >= 15 is 0 Å². The number of aryl methyl sites for hydroxylation is 1. The Bertz CT molecular complexity index is 297. The number of aliphatic hydroxyl groups is 1. The number of aromatic nitrogens is 2. The third kappa shape index (κ3) is 2.13. The highest BCUT2D eigenvalue weighted by Crippen LogP contribution is 2.16. The van der Waals surface area contributed by atoms with Crippen molar-refractivity contribution >= 4 is 0 Å². The van der Waals surface area contributed by atoms with Crippen LogP contribution < -0.4 is 5.32 Å². The topological polar surface area (TPSA) is 60.9 Å². The zero-order valence-electron chi connectivity index (χ0n) is 8.45. The highest BCUT2D eigenvalue weighted by atomic mass is 16.3. The lowest BCUT2D eigenvalue weighted by atomic mass is 9.92. The molecule has 1 saturated heterocycles. The number of nitrogens with zero attached hydrogens (tertiary/aromatic N) is 1. The molecule has 2 heterocycles. The quantitative estimate of drug-likeness (QED) is 0.633. The van der Waals surface area contributed by atoms with E-state index in [9.17, 15) is 5.11 Å². The highest BCUT2D eigenvalue weighted by Gasteiger charge is 2.23. The predicted octanol–water partition coefficient (Wildman–Crippen LogP) is 0.231. The fourth-order valence-corrected chi connectivity index (χ4v) is 1.96. The summed E-state index contributed by atoms with van der Waals surface area (Å²) in [6.45, 7) is 3.82. The number of piperidine rings is 1. The van der Waals surface area contributed by atoms with Gasteiger partial charge >= 0.3 is 0 Å². The van der Waals surface area contributed by atoms with Crippen molar-refractivity contribution in [1.29, 1.82) is 0 Å². The lowest BCUT2D eigenvalue weighted by Gasteiger charge is -2.27. The summed E-state index contributed by atoms with van der Waals surface area (Å²) in [5, 5.41) is 20.2. The Morgan fingerprint density at radius 1 is 1.64 bits per heavy atom. The number of aromatic amines is 1. The smallest absolute Gasteiger partial charge is 0.0629 e. The third-order valence-corrected chi connectivity index (χ3v) is 2.80. The molecule has 1 fully saturated rings. The maximum atomic E-state index is 9.76. The van der Waals surface area contributed by atoms with Crippen LogP contribution >= 0.6 is 0 Å². The van der Waals surface area contributed by atoms with E-state index in [1.165, 1.54) is 0 Å². The van der Waals surface area contributed by atoms with Crippen LogP contribution in [-0.4, -0.2) is 34.5 Å². The summed E-state index contributed by atoms with van der Waals surface area (Å²) in [7, 11) is 0. The Morgan fingerprint density at radius 3 is 3.14 bits per heavy atom. The largest absolute Gasteiger partial charge is 0.393 e. The second kappa shape index (κ2) is 4.11. The van der Waals surface area contributed by atoms with Gasteiger partial charge in [0.15, 0.2) is 0 Å². The zero-order chi connectivity index (χ0) is 9.97. The van der Waals surface area contributed by atoms with Crippen molar-refractivity contribution in [2.45, 2.75) is 25.9 Å². The summed E-state index contributed by atoms with van der Waals surface area (Å²) in [5.41, 5.74) is 2.13. The lowest BCUT2D eigenvalue weighted by Crippen LogP contribution is -2.40. The van der Waals surface area contributed by atoms with Crippen molar-refractivity contribution in [1.82, 2.24) is 15.5 Å². The van der Waals surface area contributed by atoms with Crippen molar-refractivity contribution in [2.75, 3.05) is 13.1 Å². The van der Waals surface area contributed by atoms with Crippen LogP contribution in [0, 0.1) is 12.8 Å². The van der Waals surface area contributed by atoms with Crippen molar-refractivity contribution in [3.05, 3.63) is 17.5 Å². The van der Waals surface area contributed by atoms with Crippen LogP contribution in [0.15, 0.2) is 6.07 Å². The van der Waals surface area contributed by atoms with Gasteiger partial charge in [-0.05, 0) is 32.4 Å². The molecule has 4 nitrogen and oxygen atoms in total. The van der Waals surface area contributed by atoms with Gasteiger partial charge in [0.25, 0.3) is 0 Å². The highest BCUT2D eigenvalue weighted by molar-refractivity contribution is 5.08. The van der Waals surface area contributed by atoms with Gasteiger partial charge in [-0.25, -0.2) is 0 Å². The molecular weight excluding hydrogens is 178 g/mol. The minimum atomic E-state index is -0.173. The SMILES string of the molecule is Cc1cc(CC2CNCCC2O)n[nH]1. The molecule has 2 rings (SSSR count). The van der Waals surface area contributed by atoms with E-state index in [2.05, 4.69) is 15.5 Å². The molecule has 0 amide bonds. The summed E-state index contributed by atoms with van der Waals surface area (Å²) in [6, 6.07) is 2.04. The van der Waals surface area contributed by atoms with E-state index in [-0.39, 0.29) is 6.10 Å². The number of nitrogens with one attached hydrogen (secondary N) is 2. The minimum absolute atomic E-state index is 0.173. The Hall–Kier alpha value is -0.870. The van der Waals surface area contributed by atoms with Gasteiger partial charge < -0.3 is 10.4 Å². The van der Waals surface area contributed by atoms with Gasteiger partial charge in [-0.2, -0.15) is 5.10 Å². The summed E-state index contributed by atoms with van der Waals surface area (Å²) in [6.07, 6.45) is 1.54. The molecule has 0 bridgehead atoms. The number of aliphatic hydroxyl groups excluding tert-OH is 1. The summed E-state index contributed by atoms with van der Waals surface area (Å²) >= 11 is 0. The van der Waals surface area contributed by atoms with E-state index in [4.69, 9.17) is 0 Å². The minimum Gasteiger partial charge on any atom is -0.393 e. The molecule has 1 aliphatic rings. The molecule has 2 unspecified atom stereocenters. The van der Waals surface area contributed by atoms with E-state index in [0.717, 1.165) is 37.3 Å². The van der Waals surface area contributed by atoms with Crippen LogP contribution in [0.1, 0.15) is 17.8 Å². The van der Waals surface area contributed by atoms with Gasteiger partial charge in [0, 0.05) is 18.2 Å². The molecule has 3 N–H and O–H groups in total. The Labute approximate surface area is 83.7 Å². The van der Waals surface area contributed by atoms with Crippen LogP contribution in [0.25, 0.3) is 0 Å². The molecule has 0 aromatic carbocycles. The fraction of sp³-hybridized carbons (Fsp3) is 0.700. The lowest BCUT2D eigenvalue weighted by molar-refractivity contribution is 0.0786. The second-order valence-electron chi connectivity index (χ2n) is 4.07. The zero-order valence-corrected chi connectivity index (χ0v) is 8.45. The first kappa shape index (κ1) is 9.68. The van der Waals surface area contributed by atoms with Gasteiger partial charge in [-0.3, -0.25) is 5.10 Å². The molecule has 2 atom stereocenters. The maximum Gasteiger partial charge on any atom is 0.0629 e. The number of hydrogen-bond donors (Lipinski definition) is 3. The normalized spacial score (nSPS) is 27.9. The van der Waals surface area contributed by atoms with Gasteiger partial charge in [-0.1, -0.05) is 0 Å². The molecule has 0 spiro atoms. The van der Waals surface area contributed by atoms with E-state index in [1.54, 1.807) is 0 Å². The van der Waals surface area contributed by atoms with E-state index in [0.29, 0.717) is 5.92 Å². The van der Waals surface area contributed by atoms with Crippen LogP contribution in [0.4, 0.5) is 0 Å². The number of rotatable bonds is 2. The second-order valence-corrected chi connectivity index (χ2v) is 4.07. The molecule has 1 aromatic rings. The molecule has 0 saturated carbocycles. The van der Waals surface area contributed by atoms with Crippen molar-refractivity contribution in [3.63, 3.8) is 0 Å². The van der Waals surface area contributed by atoms with Crippen molar-refractivity contribution in [3.8, 4) is 0 Å². The Kier molecular flexibility index (Phi) is 2.84. The Morgan fingerprint density at radius 2 is 2.50 bits per heavy atom. The third-order valence-electron chi connectivity index (χ3n) is 2.80. The standard InChI is InChI=1S/C10H17N3O/c1-7-4-9(13-12-7)5-8-6-11-3-2-10(8)14/h4,8,10-11,14H,2-3,5-6H2,1H3,(H,12,13). The average Bonchev–Trinajstić information content (AvgIpc) is 2.56. The summed E-state index contributed by atoms with van der Waals surface area (Å²) in [5.74, 6) is 0.312. The van der Waals surface area contributed by atoms with Crippen LogP contribution in [0.5, 0.6) is 0 Å². The molecule has 1 aromatic heterocycles. The number of hydrogen-bond acceptors (Lipinski definition) is 3. The average molecular weight is 195 g/mol. The molecule has 0 radical (unpaired) electrons. The first-order chi connectivity index (χ1) is 6.75. The summed E-state index contributed by atoms with van der Waals surface area (Å²) < 4.78 is 0. The van der Waals surface area contributed by atoms with E-state index in [1.807, 2.05) is 13.0 Å². The predicted molar refractivity (Wildman–Crippen MR) is 54.0 cm³/mol. The van der Waals surface area contributed by atoms with Crippen LogP contribution in [0.3, 0.4) is 0 Å². The van der Waals surface area contributed by atoms with Gasteiger partial charge in [0.1, 0.15) is 0 Å². The molecular formula is C10H17N3O.